The Labute approximate surface area is 96.3 Å². The summed E-state index contributed by atoms with van der Waals surface area (Å²) in [4.78, 5) is 11.4. The molecule has 0 spiro atoms. The number of aliphatic carboxylic acids is 1. The van der Waals surface area contributed by atoms with Crippen molar-refractivity contribution < 1.29 is 9.90 Å². The zero-order valence-electron chi connectivity index (χ0n) is 9.86. The van der Waals surface area contributed by atoms with E-state index < -0.39 is 11.4 Å². The van der Waals surface area contributed by atoms with Crippen LogP contribution in [0.15, 0.2) is 24.3 Å². The molecule has 0 saturated carbocycles. The van der Waals surface area contributed by atoms with Crippen LogP contribution in [0, 0.1) is 6.92 Å². The third kappa shape index (κ3) is 2.25. The van der Waals surface area contributed by atoms with Gasteiger partial charge < -0.3 is 10.8 Å². The number of nitrogens with two attached hydrogens (primary N) is 1. The van der Waals surface area contributed by atoms with Crippen molar-refractivity contribution >= 4 is 5.97 Å². The Hall–Kier alpha value is -1.35. The van der Waals surface area contributed by atoms with Crippen LogP contribution in [0.3, 0.4) is 0 Å². The Bertz CT molecular complexity index is 359. The number of hydrogen-bond acceptors (Lipinski definition) is 2. The van der Waals surface area contributed by atoms with E-state index in [2.05, 4.69) is 0 Å². The third-order valence-corrected chi connectivity index (χ3v) is 3.04. The first-order valence-electron chi connectivity index (χ1n) is 5.57. The van der Waals surface area contributed by atoms with E-state index in [9.17, 15) is 9.90 Å². The van der Waals surface area contributed by atoms with E-state index in [0.29, 0.717) is 6.42 Å². The van der Waals surface area contributed by atoms with E-state index in [1.54, 1.807) is 0 Å². The molecule has 1 unspecified atom stereocenters. The summed E-state index contributed by atoms with van der Waals surface area (Å²) in [6.07, 6.45) is 1.37. The maximum Gasteiger partial charge on any atom is 0.315 e. The van der Waals surface area contributed by atoms with Gasteiger partial charge in [0.2, 0.25) is 0 Å². The summed E-state index contributed by atoms with van der Waals surface area (Å²) in [6.45, 7) is 4.09. The molecule has 0 aliphatic rings. The largest absolute Gasteiger partial charge is 0.481 e. The molecule has 3 N–H and O–H groups in total. The molecule has 0 aliphatic heterocycles. The minimum atomic E-state index is -0.928. The van der Waals surface area contributed by atoms with Gasteiger partial charge in [0.05, 0.1) is 0 Å². The first-order chi connectivity index (χ1) is 7.56. The molecular formula is C13H19NO2. The molecule has 1 aromatic rings. The van der Waals surface area contributed by atoms with Gasteiger partial charge in [0.25, 0.3) is 0 Å². The van der Waals surface area contributed by atoms with Crippen LogP contribution in [0.5, 0.6) is 0 Å². The van der Waals surface area contributed by atoms with Gasteiger partial charge in [0, 0.05) is 6.54 Å². The molecule has 0 fully saturated rings. The summed E-state index contributed by atoms with van der Waals surface area (Å²) in [6, 6.07) is 7.59. The monoisotopic (exact) mass is 221 g/mol. The first-order valence-corrected chi connectivity index (χ1v) is 5.57. The van der Waals surface area contributed by atoms with Crippen LogP contribution in [0.1, 0.15) is 30.9 Å². The topological polar surface area (TPSA) is 63.3 Å². The lowest BCUT2D eigenvalue weighted by Gasteiger charge is -2.28. The van der Waals surface area contributed by atoms with Gasteiger partial charge >= 0.3 is 5.97 Å². The molecule has 0 radical (unpaired) electrons. The molecule has 0 amide bonds. The number of hydrogen-bond donors (Lipinski definition) is 2. The highest BCUT2D eigenvalue weighted by atomic mass is 16.4. The standard InChI is InChI=1S/C13H19NO2/c1-3-8-13(9-14,12(15)16)11-6-4-10(2)5-7-11/h4-7H,3,8-9,14H2,1-2H3,(H,15,16). The summed E-state index contributed by atoms with van der Waals surface area (Å²) < 4.78 is 0. The van der Waals surface area contributed by atoms with Crippen molar-refractivity contribution in [3.63, 3.8) is 0 Å². The number of aryl methyl sites for hydroxylation is 1. The molecule has 0 aromatic heterocycles. The van der Waals surface area contributed by atoms with Gasteiger partial charge in [-0.15, -0.1) is 0 Å². The highest BCUT2D eigenvalue weighted by Gasteiger charge is 2.37. The number of carboxylic acids is 1. The molecule has 0 bridgehead atoms. The maximum atomic E-state index is 11.4. The Kier molecular flexibility index (Phi) is 4.07. The van der Waals surface area contributed by atoms with Crippen LogP contribution in [-0.2, 0) is 10.2 Å². The second kappa shape index (κ2) is 5.12. The Morgan fingerprint density at radius 3 is 2.31 bits per heavy atom. The van der Waals surface area contributed by atoms with Crippen molar-refractivity contribution in [2.24, 2.45) is 5.73 Å². The van der Waals surface area contributed by atoms with Crippen molar-refractivity contribution in [2.45, 2.75) is 32.1 Å². The zero-order valence-corrected chi connectivity index (χ0v) is 9.86. The summed E-state index contributed by atoms with van der Waals surface area (Å²) in [7, 11) is 0. The second-order valence-electron chi connectivity index (χ2n) is 4.21. The number of rotatable bonds is 5. The van der Waals surface area contributed by atoms with Crippen molar-refractivity contribution in [1.29, 1.82) is 0 Å². The summed E-state index contributed by atoms with van der Waals surface area (Å²) in [5.74, 6) is -0.833. The van der Waals surface area contributed by atoms with E-state index in [4.69, 9.17) is 5.73 Å². The molecule has 1 aromatic carbocycles. The number of carbonyl (C=O) groups is 1. The first kappa shape index (κ1) is 12.7. The van der Waals surface area contributed by atoms with Crippen molar-refractivity contribution in [3.8, 4) is 0 Å². The molecule has 3 nitrogen and oxygen atoms in total. The van der Waals surface area contributed by atoms with E-state index in [1.807, 2.05) is 38.1 Å². The fourth-order valence-electron chi connectivity index (χ4n) is 1.98. The Morgan fingerprint density at radius 1 is 1.38 bits per heavy atom. The fraction of sp³-hybridized carbons (Fsp3) is 0.462. The summed E-state index contributed by atoms with van der Waals surface area (Å²) in [5, 5.41) is 9.40. The van der Waals surface area contributed by atoms with Gasteiger partial charge in [0.15, 0.2) is 0 Å². The van der Waals surface area contributed by atoms with E-state index in [0.717, 1.165) is 17.5 Å². The van der Waals surface area contributed by atoms with Gasteiger partial charge in [-0.25, -0.2) is 0 Å². The minimum absolute atomic E-state index is 0.138. The second-order valence-corrected chi connectivity index (χ2v) is 4.21. The molecule has 3 heteroatoms. The van der Waals surface area contributed by atoms with E-state index in [1.165, 1.54) is 0 Å². The highest BCUT2D eigenvalue weighted by molar-refractivity contribution is 5.81. The average Bonchev–Trinajstić information content (AvgIpc) is 2.27. The maximum absolute atomic E-state index is 11.4. The van der Waals surface area contributed by atoms with Crippen LogP contribution < -0.4 is 5.73 Å². The predicted molar refractivity (Wildman–Crippen MR) is 64.5 cm³/mol. The predicted octanol–water partition coefficient (Wildman–Crippen LogP) is 2.08. The smallest absolute Gasteiger partial charge is 0.315 e. The third-order valence-electron chi connectivity index (χ3n) is 3.04. The molecule has 88 valence electrons. The van der Waals surface area contributed by atoms with E-state index >= 15 is 0 Å². The molecule has 0 heterocycles. The van der Waals surface area contributed by atoms with Crippen molar-refractivity contribution in [1.82, 2.24) is 0 Å². The molecular weight excluding hydrogens is 202 g/mol. The Balaban J connectivity index is 3.18. The lowest BCUT2D eigenvalue weighted by molar-refractivity contribution is -0.143. The van der Waals surface area contributed by atoms with Crippen LogP contribution in [-0.4, -0.2) is 17.6 Å². The normalized spacial score (nSPS) is 14.4. The van der Waals surface area contributed by atoms with Crippen LogP contribution in [0.4, 0.5) is 0 Å². The molecule has 16 heavy (non-hydrogen) atoms. The van der Waals surface area contributed by atoms with Gasteiger partial charge in [0.1, 0.15) is 5.41 Å². The lowest BCUT2D eigenvalue weighted by atomic mass is 9.76. The highest BCUT2D eigenvalue weighted by Crippen LogP contribution is 2.29. The van der Waals surface area contributed by atoms with Crippen molar-refractivity contribution in [2.75, 3.05) is 6.54 Å². The lowest BCUT2D eigenvalue weighted by Crippen LogP contribution is -2.42. The van der Waals surface area contributed by atoms with Gasteiger partial charge in [-0.05, 0) is 18.9 Å². The molecule has 1 rings (SSSR count). The van der Waals surface area contributed by atoms with Gasteiger partial charge in [-0.2, -0.15) is 0 Å². The summed E-state index contributed by atoms with van der Waals surface area (Å²) in [5.41, 5.74) is 6.68. The molecule has 0 saturated heterocycles. The zero-order chi connectivity index (χ0) is 12.2. The Morgan fingerprint density at radius 2 is 1.94 bits per heavy atom. The summed E-state index contributed by atoms with van der Waals surface area (Å²) >= 11 is 0. The molecule has 0 aliphatic carbocycles. The average molecular weight is 221 g/mol. The van der Waals surface area contributed by atoms with E-state index in [-0.39, 0.29) is 6.54 Å². The molecule has 1 atom stereocenters. The van der Waals surface area contributed by atoms with Crippen LogP contribution in [0.25, 0.3) is 0 Å². The minimum Gasteiger partial charge on any atom is -0.481 e. The van der Waals surface area contributed by atoms with Gasteiger partial charge in [-0.1, -0.05) is 43.2 Å². The SMILES string of the molecule is CCCC(CN)(C(=O)O)c1ccc(C)cc1. The van der Waals surface area contributed by atoms with Gasteiger partial charge in [-0.3, -0.25) is 4.79 Å². The quantitative estimate of drug-likeness (QED) is 0.800. The number of benzene rings is 1. The van der Waals surface area contributed by atoms with Crippen LogP contribution in [0.2, 0.25) is 0 Å². The van der Waals surface area contributed by atoms with Crippen LogP contribution >= 0.6 is 0 Å². The van der Waals surface area contributed by atoms with Crippen molar-refractivity contribution in [3.05, 3.63) is 35.4 Å². The fourth-order valence-corrected chi connectivity index (χ4v) is 1.98. The number of carboxylic acid groups (broad SMARTS) is 1.